The van der Waals surface area contributed by atoms with E-state index < -0.39 is 0 Å². The molecule has 3 unspecified atom stereocenters. The highest BCUT2D eigenvalue weighted by Crippen LogP contribution is 2.38. The Bertz CT molecular complexity index is 503. The SMILES string of the molecule is CCCOc1cccc(NC(=O)C2NCC3CCCC32)c1. The summed E-state index contributed by atoms with van der Waals surface area (Å²) < 4.78 is 5.61. The molecule has 4 nitrogen and oxygen atoms in total. The number of hydrogen-bond donors (Lipinski definition) is 2. The molecule has 1 aromatic carbocycles. The first-order chi connectivity index (χ1) is 10.3. The molecule has 2 N–H and O–H groups in total. The number of anilines is 1. The van der Waals surface area contributed by atoms with Gasteiger partial charge in [-0.2, -0.15) is 0 Å². The van der Waals surface area contributed by atoms with Gasteiger partial charge in [0.05, 0.1) is 12.6 Å². The molecule has 1 heterocycles. The fourth-order valence-corrected chi connectivity index (χ4v) is 3.58. The van der Waals surface area contributed by atoms with Crippen molar-refractivity contribution < 1.29 is 9.53 Å². The summed E-state index contributed by atoms with van der Waals surface area (Å²) in [5, 5.41) is 6.42. The molecule has 0 radical (unpaired) electrons. The van der Waals surface area contributed by atoms with E-state index in [0.29, 0.717) is 18.4 Å². The van der Waals surface area contributed by atoms with Gasteiger partial charge in [0.25, 0.3) is 0 Å². The number of hydrogen-bond acceptors (Lipinski definition) is 3. The van der Waals surface area contributed by atoms with Crippen LogP contribution >= 0.6 is 0 Å². The molecule has 1 aliphatic heterocycles. The molecule has 0 spiro atoms. The topological polar surface area (TPSA) is 50.4 Å². The van der Waals surface area contributed by atoms with Crippen LogP contribution in [0.25, 0.3) is 0 Å². The van der Waals surface area contributed by atoms with Crippen LogP contribution < -0.4 is 15.4 Å². The van der Waals surface area contributed by atoms with Crippen molar-refractivity contribution in [1.82, 2.24) is 5.32 Å². The molecule has 3 atom stereocenters. The van der Waals surface area contributed by atoms with E-state index in [1.807, 2.05) is 24.3 Å². The van der Waals surface area contributed by atoms with Crippen molar-refractivity contribution in [2.45, 2.75) is 38.6 Å². The Labute approximate surface area is 126 Å². The Morgan fingerprint density at radius 1 is 1.43 bits per heavy atom. The van der Waals surface area contributed by atoms with Gasteiger partial charge in [-0.1, -0.05) is 19.4 Å². The van der Waals surface area contributed by atoms with Crippen LogP contribution in [0.15, 0.2) is 24.3 Å². The lowest BCUT2D eigenvalue weighted by atomic mass is 9.93. The van der Waals surface area contributed by atoms with Crippen LogP contribution in [0.5, 0.6) is 5.75 Å². The maximum Gasteiger partial charge on any atom is 0.241 e. The minimum Gasteiger partial charge on any atom is -0.494 e. The average Bonchev–Trinajstić information content (AvgIpc) is 3.08. The molecule has 1 aromatic rings. The van der Waals surface area contributed by atoms with Gasteiger partial charge in [0, 0.05) is 11.8 Å². The minimum absolute atomic E-state index is 0.0299. The fraction of sp³-hybridized carbons (Fsp3) is 0.588. The molecule has 1 saturated carbocycles. The maximum absolute atomic E-state index is 12.5. The first-order valence-corrected chi connectivity index (χ1v) is 8.05. The number of carbonyl (C=O) groups excluding carboxylic acids is 1. The first-order valence-electron chi connectivity index (χ1n) is 8.05. The Kier molecular flexibility index (Phi) is 4.44. The van der Waals surface area contributed by atoms with Crippen LogP contribution in [0, 0.1) is 11.8 Å². The van der Waals surface area contributed by atoms with Crippen molar-refractivity contribution in [3.63, 3.8) is 0 Å². The van der Waals surface area contributed by atoms with E-state index in [2.05, 4.69) is 17.6 Å². The Hall–Kier alpha value is -1.55. The third-order valence-corrected chi connectivity index (χ3v) is 4.60. The molecule has 1 amide bonds. The number of fused-ring (bicyclic) bond motifs is 1. The highest BCUT2D eigenvalue weighted by Gasteiger charge is 2.42. The summed E-state index contributed by atoms with van der Waals surface area (Å²) in [5.41, 5.74) is 0.817. The molecular weight excluding hydrogens is 264 g/mol. The van der Waals surface area contributed by atoms with Crippen LogP contribution in [0.4, 0.5) is 5.69 Å². The molecule has 2 aliphatic rings. The van der Waals surface area contributed by atoms with Gasteiger partial charge in [0.1, 0.15) is 5.75 Å². The summed E-state index contributed by atoms with van der Waals surface area (Å²) in [6, 6.07) is 7.62. The lowest BCUT2D eigenvalue weighted by Crippen LogP contribution is -2.39. The van der Waals surface area contributed by atoms with Gasteiger partial charge < -0.3 is 15.4 Å². The van der Waals surface area contributed by atoms with Crippen LogP contribution in [-0.2, 0) is 4.79 Å². The van der Waals surface area contributed by atoms with Gasteiger partial charge in [-0.15, -0.1) is 0 Å². The predicted octanol–water partition coefficient (Wildman–Crippen LogP) is 2.80. The number of amides is 1. The summed E-state index contributed by atoms with van der Waals surface area (Å²) >= 11 is 0. The van der Waals surface area contributed by atoms with E-state index in [-0.39, 0.29) is 11.9 Å². The van der Waals surface area contributed by atoms with Gasteiger partial charge in [-0.05, 0) is 49.8 Å². The highest BCUT2D eigenvalue weighted by atomic mass is 16.5. The molecule has 21 heavy (non-hydrogen) atoms. The number of benzene rings is 1. The van der Waals surface area contributed by atoms with Crippen LogP contribution in [0.1, 0.15) is 32.6 Å². The van der Waals surface area contributed by atoms with E-state index in [0.717, 1.165) is 24.4 Å². The Balaban J connectivity index is 1.62. The van der Waals surface area contributed by atoms with Gasteiger partial charge in [-0.3, -0.25) is 4.79 Å². The average molecular weight is 288 g/mol. The third-order valence-electron chi connectivity index (χ3n) is 4.60. The van der Waals surface area contributed by atoms with Gasteiger partial charge >= 0.3 is 0 Å². The van der Waals surface area contributed by atoms with E-state index in [9.17, 15) is 4.79 Å². The van der Waals surface area contributed by atoms with E-state index in [1.54, 1.807) is 0 Å². The Morgan fingerprint density at radius 2 is 2.33 bits per heavy atom. The number of rotatable bonds is 5. The minimum atomic E-state index is -0.0299. The molecule has 1 aliphatic carbocycles. The van der Waals surface area contributed by atoms with Gasteiger partial charge in [-0.25, -0.2) is 0 Å². The summed E-state index contributed by atoms with van der Waals surface area (Å²) in [7, 11) is 0. The fourth-order valence-electron chi connectivity index (χ4n) is 3.58. The number of carbonyl (C=O) groups is 1. The van der Waals surface area contributed by atoms with Crippen LogP contribution in [0.3, 0.4) is 0 Å². The van der Waals surface area contributed by atoms with Crippen LogP contribution in [-0.4, -0.2) is 25.1 Å². The highest BCUT2D eigenvalue weighted by molar-refractivity contribution is 5.95. The molecule has 2 fully saturated rings. The second kappa shape index (κ2) is 6.48. The normalized spacial score (nSPS) is 27.4. The van der Waals surface area contributed by atoms with E-state index in [1.165, 1.54) is 19.3 Å². The lowest BCUT2D eigenvalue weighted by molar-refractivity contribution is -0.118. The Morgan fingerprint density at radius 3 is 3.19 bits per heavy atom. The molecule has 114 valence electrons. The quantitative estimate of drug-likeness (QED) is 0.876. The van der Waals surface area contributed by atoms with E-state index in [4.69, 9.17) is 4.74 Å². The monoisotopic (exact) mass is 288 g/mol. The smallest absolute Gasteiger partial charge is 0.241 e. The molecule has 4 heteroatoms. The summed E-state index contributed by atoms with van der Waals surface area (Å²) in [6.45, 7) is 3.77. The molecule has 3 rings (SSSR count). The standard InChI is InChI=1S/C17H24N2O2/c1-2-9-21-14-7-4-6-13(10-14)19-17(20)16-15-8-3-5-12(15)11-18-16/h4,6-7,10,12,15-16,18H,2-3,5,8-9,11H2,1H3,(H,19,20). The van der Waals surface area contributed by atoms with Crippen molar-refractivity contribution in [2.75, 3.05) is 18.5 Å². The van der Waals surface area contributed by atoms with Crippen LogP contribution in [0.2, 0.25) is 0 Å². The summed E-state index contributed by atoms with van der Waals surface area (Å²) in [4.78, 5) is 12.5. The largest absolute Gasteiger partial charge is 0.494 e. The zero-order chi connectivity index (χ0) is 14.7. The van der Waals surface area contributed by atoms with Gasteiger partial charge in [0.2, 0.25) is 5.91 Å². The molecular formula is C17H24N2O2. The van der Waals surface area contributed by atoms with Crippen molar-refractivity contribution in [1.29, 1.82) is 0 Å². The summed E-state index contributed by atoms with van der Waals surface area (Å²) in [6.07, 6.45) is 4.68. The third kappa shape index (κ3) is 3.21. The maximum atomic E-state index is 12.5. The van der Waals surface area contributed by atoms with E-state index >= 15 is 0 Å². The zero-order valence-corrected chi connectivity index (χ0v) is 12.6. The lowest BCUT2D eigenvalue weighted by Gasteiger charge is -2.18. The van der Waals surface area contributed by atoms with Crippen molar-refractivity contribution in [3.05, 3.63) is 24.3 Å². The van der Waals surface area contributed by atoms with Crippen molar-refractivity contribution in [2.24, 2.45) is 11.8 Å². The second-order valence-corrected chi connectivity index (χ2v) is 6.11. The predicted molar refractivity (Wildman–Crippen MR) is 83.5 cm³/mol. The number of nitrogens with one attached hydrogen (secondary N) is 2. The zero-order valence-electron chi connectivity index (χ0n) is 12.6. The van der Waals surface area contributed by atoms with Crippen molar-refractivity contribution in [3.8, 4) is 5.75 Å². The molecule has 0 bridgehead atoms. The second-order valence-electron chi connectivity index (χ2n) is 6.11. The number of ether oxygens (including phenoxy) is 1. The molecule has 1 saturated heterocycles. The summed E-state index contributed by atoms with van der Waals surface area (Å²) in [5.74, 6) is 2.12. The van der Waals surface area contributed by atoms with Crippen molar-refractivity contribution >= 4 is 11.6 Å². The first kappa shape index (κ1) is 14.4. The van der Waals surface area contributed by atoms with Gasteiger partial charge in [0.15, 0.2) is 0 Å². The molecule has 0 aromatic heterocycles.